The highest BCUT2D eigenvalue weighted by Gasteiger charge is 2.05. The monoisotopic (exact) mass is 272 g/mol. The predicted octanol–water partition coefficient (Wildman–Crippen LogP) is 3.65. The van der Waals surface area contributed by atoms with E-state index in [-0.39, 0.29) is 0 Å². The molecule has 0 spiro atoms. The van der Waals surface area contributed by atoms with Crippen LogP contribution in [0, 0.1) is 17.4 Å². The first-order chi connectivity index (χ1) is 5.68. The van der Waals surface area contributed by atoms with E-state index in [1.54, 1.807) is 0 Å². The lowest BCUT2D eigenvalue weighted by Crippen LogP contribution is -1.78. The van der Waals surface area contributed by atoms with Gasteiger partial charge in [-0.15, -0.1) is 0 Å². The summed E-state index contributed by atoms with van der Waals surface area (Å²) in [6.45, 7) is 4.07. The Morgan fingerprint density at radius 2 is 2.00 bits per heavy atom. The number of aryl methyl sites for hydroxylation is 2. The topological polar surface area (TPSA) is 13.1 Å². The van der Waals surface area contributed by atoms with Gasteiger partial charge in [-0.05, 0) is 48.6 Å². The zero-order valence-corrected chi connectivity index (χ0v) is 9.18. The molecule has 0 amide bonds. The van der Waals surface area contributed by atoms with Crippen molar-refractivity contribution < 1.29 is 4.42 Å². The van der Waals surface area contributed by atoms with E-state index in [9.17, 15) is 0 Å². The summed E-state index contributed by atoms with van der Waals surface area (Å²) in [6, 6.07) is 6.28. The standard InChI is InChI=1S/C10H9IO/c1-6-5-8-3-4-9(11)7(2)10(8)12-6/h3-5H,1-2H3. The van der Waals surface area contributed by atoms with Crippen molar-refractivity contribution in [2.45, 2.75) is 13.8 Å². The van der Waals surface area contributed by atoms with Gasteiger partial charge in [0.15, 0.2) is 0 Å². The van der Waals surface area contributed by atoms with Crippen LogP contribution in [0.1, 0.15) is 11.3 Å². The van der Waals surface area contributed by atoms with Crippen molar-refractivity contribution in [3.05, 3.63) is 33.1 Å². The molecule has 0 bridgehead atoms. The molecule has 0 aliphatic rings. The van der Waals surface area contributed by atoms with Gasteiger partial charge >= 0.3 is 0 Å². The Kier molecular flexibility index (Phi) is 1.87. The number of benzene rings is 1. The van der Waals surface area contributed by atoms with Gasteiger partial charge < -0.3 is 4.42 Å². The first-order valence-corrected chi connectivity index (χ1v) is 4.91. The average molecular weight is 272 g/mol. The molecule has 62 valence electrons. The lowest BCUT2D eigenvalue weighted by atomic mass is 10.2. The molecule has 2 rings (SSSR count). The van der Waals surface area contributed by atoms with Gasteiger partial charge in [-0.3, -0.25) is 0 Å². The van der Waals surface area contributed by atoms with Gasteiger partial charge in [0.05, 0.1) is 0 Å². The highest BCUT2D eigenvalue weighted by Crippen LogP contribution is 2.25. The second-order valence-electron chi connectivity index (χ2n) is 2.95. The summed E-state index contributed by atoms with van der Waals surface area (Å²) in [5, 5.41) is 1.20. The molecular weight excluding hydrogens is 263 g/mol. The van der Waals surface area contributed by atoms with E-state index < -0.39 is 0 Å². The van der Waals surface area contributed by atoms with Crippen molar-refractivity contribution in [1.82, 2.24) is 0 Å². The van der Waals surface area contributed by atoms with Crippen LogP contribution in [0.15, 0.2) is 22.6 Å². The summed E-state index contributed by atoms with van der Waals surface area (Å²) in [6.07, 6.45) is 0. The second-order valence-corrected chi connectivity index (χ2v) is 4.11. The highest BCUT2D eigenvalue weighted by molar-refractivity contribution is 14.1. The minimum Gasteiger partial charge on any atom is -0.461 e. The fourth-order valence-corrected chi connectivity index (χ4v) is 1.77. The van der Waals surface area contributed by atoms with Gasteiger partial charge in [0.25, 0.3) is 0 Å². The molecule has 0 radical (unpaired) electrons. The molecule has 0 saturated carbocycles. The van der Waals surface area contributed by atoms with Gasteiger partial charge in [-0.25, -0.2) is 0 Å². The van der Waals surface area contributed by atoms with Crippen LogP contribution in [0.4, 0.5) is 0 Å². The molecule has 1 nitrogen and oxygen atoms in total. The number of halogens is 1. The number of furan rings is 1. The Hall–Kier alpha value is -0.510. The smallest absolute Gasteiger partial charge is 0.138 e. The van der Waals surface area contributed by atoms with Crippen molar-refractivity contribution in [2.24, 2.45) is 0 Å². The Labute approximate surface area is 84.9 Å². The molecule has 0 atom stereocenters. The molecule has 1 aromatic carbocycles. The first kappa shape index (κ1) is 8.10. The third-order valence-electron chi connectivity index (χ3n) is 1.99. The van der Waals surface area contributed by atoms with E-state index in [2.05, 4.69) is 47.7 Å². The maximum atomic E-state index is 5.57. The Bertz CT molecular complexity index is 429. The zero-order chi connectivity index (χ0) is 8.72. The zero-order valence-electron chi connectivity index (χ0n) is 7.02. The number of fused-ring (bicyclic) bond motifs is 1. The summed E-state index contributed by atoms with van der Waals surface area (Å²) in [5.74, 6) is 0.982. The van der Waals surface area contributed by atoms with Gasteiger partial charge in [-0.1, -0.05) is 6.07 Å². The molecule has 1 aromatic heterocycles. The molecule has 0 N–H and O–H groups in total. The highest BCUT2D eigenvalue weighted by atomic mass is 127. The van der Waals surface area contributed by atoms with Crippen LogP contribution in [-0.4, -0.2) is 0 Å². The first-order valence-electron chi connectivity index (χ1n) is 3.84. The number of hydrogen-bond acceptors (Lipinski definition) is 1. The van der Waals surface area contributed by atoms with Crippen LogP contribution >= 0.6 is 22.6 Å². The SMILES string of the molecule is Cc1cc2ccc(I)c(C)c2o1. The average Bonchev–Trinajstić information content (AvgIpc) is 2.39. The lowest BCUT2D eigenvalue weighted by molar-refractivity contribution is 0.576. The number of hydrogen-bond donors (Lipinski definition) is 0. The van der Waals surface area contributed by atoms with Crippen LogP contribution < -0.4 is 0 Å². The summed E-state index contributed by atoms with van der Waals surface area (Å²) in [5.41, 5.74) is 2.26. The molecule has 2 aromatic rings. The van der Waals surface area contributed by atoms with Crippen molar-refractivity contribution in [3.8, 4) is 0 Å². The second kappa shape index (κ2) is 2.76. The summed E-state index contributed by atoms with van der Waals surface area (Å²) in [4.78, 5) is 0. The minimum absolute atomic E-state index is 0.982. The maximum Gasteiger partial charge on any atom is 0.138 e. The normalized spacial score (nSPS) is 10.9. The van der Waals surface area contributed by atoms with E-state index in [4.69, 9.17) is 4.42 Å². The van der Waals surface area contributed by atoms with Crippen LogP contribution in [0.2, 0.25) is 0 Å². The van der Waals surface area contributed by atoms with Crippen LogP contribution in [0.25, 0.3) is 11.0 Å². The summed E-state index contributed by atoms with van der Waals surface area (Å²) >= 11 is 2.32. The molecular formula is C10H9IO. The van der Waals surface area contributed by atoms with Gasteiger partial charge in [-0.2, -0.15) is 0 Å². The van der Waals surface area contributed by atoms with Crippen molar-refractivity contribution in [3.63, 3.8) is 0 Å². The van der Waals surface area contributed by atoms with Gasteiger partial charge in [0, 0.05) is 14.5 Å². The predicted molar refractivity (Wildman–Crippen MR) is 58.4 cm³/mol. The maximum absolute atomic E-state index is 5.57. The van der Waals surface area contributed by atoms with Crippen molar-refractivity contribution in [2.75, 3.05) is 0 Å². The summed E-state index contributed by atoms with van der Waals surface area (Å²) in [7, 11) is 0. The van der Waals surface area contributed by atoms with Crippen molar-refractivity contribution in [1.29, 1.82) is 0 Å². The summed E-state index contributed by atoms with van der Waals surface area (Å²) < 4.78 is 6.83. The van der Waals surface area contributed by atoms with Crippen molar-refractivity contribution >= 4 is 33.6 Å². The molecule has 0 aliphatic carbocycles. The van der Waals surface area contributed by atoms with Crippen LogP contribution in [0.5, 0.6) is 0 Å². The molecule has 1 heterocycles. The molecule has 2 heteroatoms. The molecule has 0 aliphatic heterocycles. The largest absolute Gasteiger partial charge is 0.461 e. The Balaban J connectivity index is 2.89. The van der Waals surface area contributed by atoms with E-state index in [0.717, 1.165) is 11.3 Å². The van der Waals surface area contributed by atoms with Gasteiger partial charge in [0.1, 0.15) is 11.3 Å². The van der Waals surface area contributed by atoms with E-state index in [1.165, 1.54) is 14.5 Å². The fraction of sp³-hybridized carbons (Fsp3) is 0.200. The lowest BCUT2D eigenvalue weighted by Gasteiger charge is -1.96. The number of rotatable bonds is 0. The third-order valence-corrected chi connectivity index (χ3v) is 3.16. The third kappa shape index (κ3) is 1.14. The fourth-order valence-electron chi connectivity index (χ4n) is 1.35. The molecule has 0 fully saturated rings. The van der Waals surface area contributed by atoms with E-state index in [0.29, 0.717) is 0 Å². The molecule has 0 saturated heterocycles. The molecule has 12 heavy (non-hydrogen) atoms. The van der Waals surface area contributed by atoms with Gasteiger partial charge in [0.2, 0.25) is 0 Å². The van der Waals surface area contributed by atoms with Crippen LogP contribution in [0.3, 0.4) is 0 Å². The quantitative estimate of drug-likeness (QED) is 0.667. The minimum atomic E-state index is 0.982. The Morgan fingerprint density at radius 3 is 2.75 bits per heavy atom. The van der Waals surface area contributed by atoms with E-state index in [1.807, 2.05) is 6.92 Å². The Morgan fingerprint density at radius 1 is 1.25 bits per heavy atom. The molecule has 0 unspecified atom stereocenters. The van der Waals surface area contributed by atoms with Crippen LogP contribution in [-0.2, 0) is 0 Å². The van der Waals surface area contributed by atoms with E-state index >= 15 is 0 Å².